The van der Waals surface area contributed by atoms with E-state index in [1.54, 1.807) is 0 Å². The van der Waals surface area contributed by atoms with Crippen molar-refractivity contribution in [3.05, 3.63) is 138 Å². The van der Waals surface area contributed by atoms with E-state index in [-0.39, 0.29) is 12.0 Å². The van der Waals surface area contributed by atoms with Gasteiger partial charge in [-0.25, -0.2) is 0 Å². The first kappa shape index (κ1) is 24.6. The number of nitrogens with zero attached hydrogens (tertiary/aromatic N) is 2. The molecule has 0 fully saturated rings. The van der Waals surface area contributed by atoms with E-state index in [0.717, 1.165) is 11.4 Å². The van der Waals surface area contributed by atoms with E-state index in [2.05, 4.69) is 159 Å². The van der Waals surface area contributed by atoms with E-state index in [1.165, 1.54) is 33.2 Å². The summed E-state index contributed by atoms with van der Waals surface area (Å²) >= 11 is 0. The summed E-state index contributed by atoms with van der Waals surface area (Å²) < 4.78 is 0. The topological polar surface area (TPSA) is 18.5 Å². The van der Waals surface area contributed by atoms with Gasteiger partial charge in [0.1, 0.15) is 0 Å². The molecule has 0 amide bonds. The molecule has 2 atom stereocenters. The van der Waals surface area contributed by atoms with Crippen LogP contribution >= 0.6 is 0 Å². The molecule has 3 nitrogen and oxygen atoms in total. The Morgan fingerprint density at radius 3 is 2.11 bits per heavy atom. The van der Waals surface area contributed by atoms with E-state index in [1.807, 2.05) is 6.07 Å². The summed E-state index contributed by atoms with van der Waals surface area (Å²) in [5, 5.41) is 6.11. The van der Waals surface area contributed by atoms with Gasteiger partial charge in [-0.05, 0) is 66.5 Å². The van der Waals surface area contributed by atoms with Crippen molar-refractivity contribution in [2.75, 3.05) is 38.4 Å². The summed E-state index contributed by atoms with van der Waals surface area (Å²) in [5.74, 6) is 0.105. The highest BCUT2D eigenvalue weighted by atomic mass is 15.1. The number of benzene rings is 4. The molecule has 0 radical (unpaired) electrons. The Labute approximate surface area is 221 Å². The van der Waals surface area contributed by atoms with E-state index < -0.39 is 0 Å². The summed E-state index contributed by atoms with van der Waals surface area (Å²) in [6.45, 7) is 0. The molecule has 37 heavy (non-hydrogen) atoms. The van der Waals surface area contributed by atoms with Gasteiger partial charge in [-0.1, -0.05) is 91.0 Å². The van der Waals surface area contributed by atoms with Crippen LogP contribution in [-0.2, 0) is 0 Å². The number of fused-ring (bicyclic) bond motifs is 1. The fourth-order valence-electron chi connectivity index (χ4n) is 5.02. The van der Waals surface area contributed by atoms with Crippen molar-refractivity contribution < 1.29 is 0 Å². The molecule has 0 aliphatic heterocycles. The molecule has 2 unspecified atom stereocenters. The van der Waals surface area contributed by atoms with Crippen LogP contribution in [0.25, 0.3) is 10.8 Å². The Kier molecular flexibility index (Phi) is 7.25. The molecular weight excluding hydrogens is 450 g/mol. The number of likely N-dealkylation sites (N-methyl/N-ethyl adjacent to an activating group) is 1. The van der Waals surface area contributed by atoms with Crippen molar-refractivity contribution in [3.63, 3.8) is 0 Å². The number of hydrogen-bond acceptors (Lipinski definition) is 3. The number of anilines is 3. The van der Waals surface area contributed by atoms with Gasteiger partial charge >= 0.3 is 0 Å². The second kappa shape index (κ2) is 10.9. The lowest BCUT2D eigenvalue weighted by molar-refractivity contribution is 0.391. The lowest BCUT2D eigenvalue weighted by atomic mass is 9.81. The SMILES string of the molecule is CN(C)c1ccc(C(C2=CC=CC(N(C)C)C=C2)c2ccc(Nc3ccccc3)c3ccccc23)cc1. The minimum absolute atomic E-state index is 0.105. The molecule has 1 aliphatic carbocycles. The van der Waals surface area contributed by atoms with Gasteiger partial charge in [-0.3, -0.25) is 4.90 Å². The summed E-state index contributed by atoms with van der Waals surface area (Å²) in [7, 11) is 8.41. The maximum atomic E-state index is 3.63. The van der Waals surface area contributed by atoms with Crippen LogP contribution in [0.15, 0.2) is 127 Å². The predicted octanol–water partition coefficient (Wildman–Crippen LogP) is 7.76. The monoisotopic (exact) mass is 485 g/mol. The Hall–Kier alpha value is -4.08. The summed E-state index contributed by atoms with van der Waals surface area (Å²) in [5.41, 5.74) is 7.28. The highest BCUT2D eigenvalue weighted by Crippen LogP contribution is 2.40. The second-order valence-corrected chi connectivity index (χ2v) is 10.0. The van der Waals surface area contributed by atoms with Crippen LogP contribution in [0, 0.1) is 0 Å². The van der Waals surface area contributed by atoms with Gasteiger partial charge in [0.05, 0.1) is 0 Å². The molecule has 186 valence electrons. The number of rotatable bonds is 7. The minimum Gasteiger partial charge on any atom is -0.378 e. The smallest absolute Gasteiger partial charge is 0.0464 e. The Bertz CT molecular complexity index is 1440. The second-order valence-electron chi connectivity index (χ2n) is 10.0. The first-order valence-corrected chi connectivity index (χ1v) is 12.9. The van der Waals surface area contributed by atoms with E-state index >= 15 is 0 Å². The minimum atomic E-state index is 0.105. The first-order chi connectivity index (χ1) is 18.0. The molecule has 0 heterocycles. The summed E-state index contributed by atoms with van der Waals surface area (Å²) in [4.78, 5) is 4.37. The molecule has 0 spiro atoms. The quantitative estimate of drug-likeness (QED) is 0.288. The number of nitrogens with one attached hydrogen (secondary N) is 1. The van der Waals surface area contributed by atoms with Gasteiger partial charge in [0.25, 0.3) is 0 Å². The zero-order valence-corrected chi connectivity index (χ0v) is 22.1. The molecule has 5 rings (SSSR count). The average molecular weight is 486 g/mol. The molecule has 0 bridgehead atoms. The van der Waals surface area contributed by atoms with Gasteiger partial charge in [0.15, 0.2) is 0 Å². The Morgan fingerprint density at radius 2 is 1.41 bits per heavy atom. The standard InChI is InChI=1S/C34H35N3/c1-36(2)28-14-10-11-25(17-20-28)34(26-18-21-29(22-19-26)37(3)4)32-23-24-33(31-16-9-8-15-30(31)32)35-27-12-6-5-7-13-27/h5-24,28,34-35H,1-4H3. The van der Waals surface area contributed by atoms with Crippen molar-refractivity contribution in [1.29, 1.82) is 0 Å². The molecule has 0 aromatic heterocycles. The normalized spacial score (nSPS) is 15.9. The summed E-state index contributed by atoms with van der Waals surface area (Å²) in [6, 6.07) is 32.9. The van der Waals surface area contributed by atoms with E-state index in [0.29, 0.717) is 0 Å². The van der Waals surface area contributed by atoms with Crippen LogP contribution in [0.5, 0.6) is 0 Å². The van der Waals surface area contributed by atoms with Crippen molar-refractivity contribution in [1.82, 2.24) is 4.90 Å². The van der Waals surface area contributed by atoms with Crippen LogP contribution in [-0.4, -0.2) is 39.1 Å². The lowest BCUT2D eigenvalue weighted by Gasteiger charge is -2.24. The van der Waals surface area contributed by atoms with Gasteiger partial charge in [-0.2, -0.15) is 0 Å². The number of allylic oxidation sites excluding steroid dienone is 4. The lowest BCUT2D eigenvalue weighted by Crippen LogP contribution is -2.23. The zero-order chi connectivity index (χ0) is 25.8. The van der Waals surface area contributed by atoms with Crippen molar-refractivity contribution in [2.24, 2.45) is 0 Å². The van der Waals surface area contributed by atoms with Crippen molar-refractivity contribution in [2.45, 2.75) is 12.0 Å². The third kappa shape index (κ3) is 5.37. The van der Waals surface area contributed by atoms with Crippen LogP contribution in [0.1, 0.15) is 17.0 Å². The Balaban J connectivity index is 1.65. The molecule has 0 saturated heterocycles. The average Bonchev–Trinajstić information content (AvgIpc) is 3.17. The zero-order valence-electron chi connectivity index (χ0n) is 22.1. The third-order valence-corrected chi connectivity index (χ3v) is 7.08. The third-order valence-electron chi connectivity index (χ3n) is 7.08. The first-order valence-electron chi connectivity index (χ1n) is 12.9. The maximum absolute atomic E-state index is 3.63. The van der Waals surface area contributed by atoms with E-state index in [9.17, 15) is 0 Å². The molecule has 0 saturated carbocycles. The molecule has 1 aliphatic rings. The van der Waals surface area contributed by atoms with Crippen LogP contribution < -0.4 is 10.2 Å². The van der Waals surface area contributed by atoms with Gasteiger partial charge in [0, 0.05) is 48.5 Å². The predicted molar refractivity (Wildman–Crippen MR) is 160 cm³/mol. The number of hydrogen-bond donors (Lipinski definition) is 1. The van der Waals surface area contributed by atoms with Crippen molar-refractivity contribution in [3.8, 4) is 0 Å². The molecule has 4 aromatic rings. The molecule has 4 aromatic carbocycles. The van der Waals surface area contributed by atoms with Gasteiger partial charge < -0.3 is 10.2 Å². The van der Waals surface area contributed by atoms with Gasteiger partial charge in [-0.15, -0.1) is 0 Å². The molecule has 1 N–H and O–H groups in total. The Morgan fingerprint density at radius 1 is 0.703 bits per heavy atom. The van der Waals surface area contributed by atoms with Gasteiger partial charge in [0.2, 0.25) is 0 Å². The maximum Gasteiger partial charge on any atom is 0.0464 e. The van der Waals surface area contributed by atoms with Crippen LogP contribution in [0.4, 0.5) is 17.1 Å². The number of para-hydroxylation sites is 1. The highest BCUT2D eigenvalue weighted by Gasteiger charge is 2.22. The van der Waals surface area contributed by atoms with Crippen LogP contribution in [0.2, 0.25) is 0 Å². The fourth-order valence-corrected chi connectivity index (χ4v) is 5.02. The van der Waals surface area contributed by atoms with Crippen LogP contribution in [0.3, 0.4) is 0 Å². The van der Waals surface area contributed by atoms with E-state index in [4.69, 9.17) is 0 Å². The fraction of sp³-hybridized carbons (Fsp3) is 0.176. The molecule has 3 heteroatoms. The summed E-state index contributed by atoms with van der Waals surface area (Å²) in [6.07, 6.45) is 11.3. The molecular formula is C34H35N3. The highest BCUT2D eigenvalue weighted by molar-refractivity contribution is 5.98. The largest absolute Gasteiger partial charge is 0.378 e. The van der Waals surface area contributed by atoms with Crippen molar-refractivity contribution >= 4 is 27.8 Å².